The topological polar surface area (TPSA) is 0 Å². The van der Waals surface area contributed by atoms with Crippen LogP contribution in [0.4, 0.5) is 0 Å². The summed E-state index contributed by atoms with van der Waals surface area (Å²) in [7, 11) is 0. The van der Waals surface area contributed by atoms with Crippen molar-refractivity contribution in [2.75, 3.05) is 0 Å². The number of hydrogen-bond donors (Lipinski definition) is 0. The van der Waals surface area contributed by atoms with Gasteiger partial charge >= 0.3 is 0 Å². The van der Waals surface area contributed by atoms with Crippen LogP contribution >= 0.6 is 27.3 Å². The third kappa shape index (κ3) is 1.36. The Kier molecular flexibility index (Phi) is 1.05. The van der Waals surface area contributed by atoms with Crippen molar-refractivity contribution < 1.29 is 12.3 Å². The summed E-state index contributed by atoms with van der Waals surface area (Å²) < 4.78 is 74.3. The first-order valence-corrected chi connectivity index (χ1v) is 6.71. The van der Waals surface area contributed by atoms with Gasteiger partial charge in [-0.05, 0) is 32.7 Å². The molecule has 18 heavy (non-hydrogen) atoms. The van der Waals surface area contributed by atoms with Crippen molar-refractivity contribution in [1.82, 2.24) is 0 Å². The number of hydrogen-bond acceptors (Lipinski definition) is 1. The first-order chi connectivity index (χ1) is 12.6. The standard InChI is InChI=1S/C16H9BrS/c17-14-7-3-6-12-13-9-8-10-4-1-2-5-11(10)15(13)18-16(12)14/h1-9H/i1D,2D,3D,4D,5D,6D,7D,8D,9D. The second-order valence-electron chi connectivity index (χ2n) is 3.70. The maximum absolute atomic E-state index is 8.41. The Labute approximate surface area is 130 Å². The van der Waals surface area contributed by atoms with Crippen molar-refractivity contribution in [3.8, 4) is 0 Å². The summed E-state index contributed by atoms with van der Waals surface area (Å²) >= 11 is 4.36. The Morgan fingerprint density at radius 2 is 1.56 bits per heavy atom. The maximum Gasteiger partial charge on any atom is 0.0635 e. The quantitative estimate of drug-likeness (QED) is 0.374. The number of benzene rings is 3. The molecule has 0 saturated heterocycles. The molecule has 0 radical (unpaired) electrons. The van der Waals surface area contributed by atoms with Gasteiger partial charge in [-0.2, -0.15) is 0 Å². The number of halogens is 1. The van der Waals surface area contributed by atoms with Gasteiger partial charge in [0.1, 0.15) is 0 Å². The molecule has 3 aromatic carbocycles. The van der Waals surface area contributed by atoms with Crippen LogP contribution in [0, 0.1) is 0 Å². The molecule has 0 fully saturated rings. The van der Waals surface area contributed by atoms with Gasteiger partial charge < -0.3 is 0 Å². The summed E-state index contributed by atoms with van der Waals surface area (Å²) in [6, 6.07) is -2.91. The van der Waals surface area contributed by atoms with Crippen molar-refractivity contribution in [3.05, 3.63) is 58.9 Å². The predicted octanol–water partition coefficient (Wildman–Crippen LogP) is 5.97. The first-order valence-electron chi connectivity index (χ1n) is 9.60. The molecule has 0 amide bonds. The summed E-state index contributed by atoms with van der Waals surface area (Å²) in [5.74, 6) is 0. The summed E-state index contributed by atoms with van der Waals surface area (Å²) in [6.45, 7) is 0. The molecule has 0 saturated carbocycles. The van der Waals surface area contributed by atoms with Crippen molar-refractivity contribution in [2.45, 2.75) is 0 Å². The molecule has 0 atom stereocenters. The maximum atomic E-state index is 8.41. The third-order valence-electron chi connectivity index (χ3n) is 2.69. The van der Waals surface area contributed by atoms with E-state index >= 15 is 0 Å². The number of rotatable bonds is 0. The Hall–Kier alpha value is -1.38. The molecule has 0 N–H and O–H groups in total. The summed E-state index contributed by atoms with van der Waals surface area (Å²) in [5, 5.41) is 0.542. The van der Waals surface area contributed by atoms with Crippen LogP contribution in [0.15, 0.2) is 58.9 Å². The van der Waals surface area contributed by atoms with Crippen LogP contribution in [0.25, 0.3) is 30.9 Å². The monoisotopic (exact) mass is 321 g/mol. The molecule has 0 nitrogen and oxygen atoms in total. The highest BCUT2D eigenvalue weighted by Crippen LogP contribution is 2.41. The van der Waals surface area contributed by atoms with Gasteiger partial charge in [0.15, 0.2) is 0 Å². The molecule has 1 aromatic heterocycles. The summed E-state index contributed by atoms with van der Waals surface area (Å²) in [4.78, 5) is 0. The molecule has 0 aliphatic carbocycles. The zero-order valence-corrected chi connectivity index (χ0v) is 11.2. The minimum Gasteiger partial charge on any atom is -0.133 e. The van der Waals surface area contributed by atoms with E-state index in [-0.39, 0.29) is 63.8 Å². The normalized spacial score (nSPS) is 18.6. The molecule has 86 valence electrons. The zero-order chi connectivity index (χ0) is 19.9. The summed E-state index contributed by atoms with van der Waals surface area (Å²) in [5.41, 5.74) is 0. The van der Waals surface area contributed by atoms with E-state index in [0.717, 1.165) is 11.3 Å². The molecule has 0 aliphatic heterocycles. The highest BCUT2D eigenvalue weighted by Gasteiger charge is 2.09. The molecule has 4 aromatic rings. The lowest BCUT2D eigenvalue weighted by molar-refractivity contribution is 1.80. The molecule has 1 heterocycles. The van der Waals surface area contributed by atoms with E-state index in [1.165, 1.54) is 0 Å². The predicted molar refractivity (Wildman–Crippen MR) is 84.5 cm³/mol. The van der Waals surface area contributed by atoms with E-state index in [4.69, 9.17) is 12.3 Å². The van der Waals surface area contributed by atoms with Gasteiger partial charge in [0.25, 0.3) is 0 Å². The number of fused-ring (bicyclic) bond motifs is 5. The average Bonchev–Trinajstić information content (AvgIpc) is 3.04. The minimum absolute atomic E-state index is 0.0371. The molecular formula is C16H9BrS. The van der Waals surface area contributed by atoms with Gasteiger partial charge in [-0.1, -0.05) is 48.3 Å². The van der Waals surface area contributed by atoms with E-state index < -0.39 is 12.1 Å². The average molecular weight is 322 g/mol. The molecule has 0 spiro atoms. The van der Waals surface area contributed by atoms with Gasteiger partial charge in [-0.3, -0.25) is 0 Å². The lowest BCUT2D eigenvalue weighted by Crippen LogP contribution is -1.71. The van der Waals surface area contributed by atoms with Crippen molar-refractivity contribution >= 4 is 58.2 Å². The van der Waals surface area contributed by atoms with Crippen LogP contribution in [-0.2, 0) is 0 Å². The molecule has 2 heteroatoms. The highest BCUT2D eigenvalue weighted by molar-refractivity contribution is 9.10. The van der Waals surface area contributed by atoms with E-state index in [1.54, 1.807) is 0 Å². The van der Waals surface area contributed by atoms with Crippen molar-refractivity contribution in [2.24, 2.45) is 0 Å². The van der Waals surface area contributed by atoms with Crippen LogP contribution in [0.5, 0.6) is 0 Å². The van der Waals surface area contributed by atoms with Gasteiger partial charge in [0.05, 0.1) is 12.3 Å². The van der Waals surface area contributed by atoms with Crippen molar-refractivity contribution in [3.63, 3.8) is 0 Å². The highest BCUT2D eigenvalue weighted by atomic mass is 79.9. The fourth-order valence-electron chi connectivity index (χ4n) is 1.91. The van der Waals surface area contributed by atoms with Crippen LogP contribution < -0.4 is 0 Å². The largest absolute Gasteiger partial charge is 0.133 e. The smallest absolute Gasteiger partial charge is 0.0635 e. The Morgan fingerprint density at radius 1 is 0.778 bits per heavy atom. The van der Waals surface area contributed by atoms with Gasteiger partial charge in [0.2, 0.25) is 0 Å². The van der Waals surface area contributed by atoms with E-state index in [1.807, 2.05) is 0 Å². The van der Waals surface area contributed by atoms with E-state index in [0.29, 0.717) is 13.9 Å². The van der Waals surface area contributed by atoms with Gasteiger partial charge in [-0.25, -0.2) is 0 Å². The number of thiophene rings is 1. The van der Waals surface area contributed by atoms with Crippen LogP contribution in [0.3, 0.4) is 0 Å². The second kappa shape index (κ2) is 3.81. The van der Waals surface area contributed by atoms with Gasteiger partial charge in [-0.15, -0.1) is 11.3 Å². The van der Waals surface area contributed by atoms with E-state index in [9.17, 15) is 0 Å². The van der Waals surface area contributed by atoms with E-state index in [2.05, 4.69) is 15.9 Å². The summed E-state index contributed by atoms with van der Waals surface area (Å²) in [6.07, 6.45) is 0. The fourth-order valence-corrected chi connectivity index (χ4v) is 3.56. The van der Waals surface area contributed by atoms with Gasteiger partial charge in [0, 0.05) is 24.6 Å². The Balaban J connectivity index is 2.47. The minimum atomic E-state index is -0.467. The van der Waals surface area contributed by atoms with Crippen LogP contribution in [0.1, 0.15) is 12.3 Å². The second-order valence-corrected chi connectivity index (χ2v) is 5.51. The SMILES string of the molecule is [2H]c1c([2H])c([2H])c2c(sc3c4c([2H])c([2H])c([2H])c([2H])c4c([2H])c([2H])c32)c1Br. The fraction of sp³-hybridized carbons (Fsp3) is 0. The lowest BCUT2D eigenvalue weighted by atomic mass is 10.1. The molecule has 0 unspecified atom stereocenters. The first kappa shape index (κ1) is 4.95. The zero-order valence-electron chi connectivity index (χ0n) is 17.8. The Bertz CT molecular complexity index is 1330. The van der Waals surface area contributed by atoms with Crippen LogP contribution in [-0.4, -0.2) is 0 Å². The lowest BCUT2D eigenvalue weighted by Gasteiger charge is -1.98. The molecule has 0 bridgehead atoms. The van der Waals surface area contributed by atoms with Crippen LogP contribution in [0.2, 0.25) is 0 Å². The third-order valence-corrected chi connectivity index (χ3v) is 4.78. The molecule has 4 rings (SSSR count). The Morgan fingerprint density at radius 3 is 2.50 bits per heavy atom. The molecule has 0 aliphatic rings. The molecular weight excluding hydrogens is 304 g/mol. The van der Waals surface area contributed by atoms with Crippen molar-refractivity contribution in [1.29, 1.82) is 0 Å².